The van der Waals surface area contributed by atoms with E-state index in [0.717, 1.165) is 4.31 Å². The highest BCUT2D eigenvalue weighted by Gasteiger charge is 2.31. The third-order valence-electron chi connectivity index (χ3n) is 5.61. The van der Waals surface area contributed by atoms with Crippen LogP contribution in [0, 0.1) is 5.82 Å². The van der Waals surface area contributed by atoms with Crippen molar-refractivity contribution in [2.45, 2.75) is 17.7 Å². The number of anilines is 1. The fourth-order valence-electron chi connectivity index (χ4n) is 3.76. The van der Waals surface area contributed by atoms with Crippen LogP contribution in [0.2, 0.25) is 0 Å². The Morgan fingerprint density at radius 3 is 2.12 bits per heavy atom. The van der Waals surface area contributed by atoms with Crippen molar-refractivity contribution in [1.29, 1.82) is 0 Å². The smallest absolute Gasteiger partial charge is 0.242 e. The molecule has 1 aliphatic carbocycles. The molecule has 0 heterocycles. The highest BCUT2D eigenvalue weighted by atomic mass is 32.2. The first-order valence-electron chi connectivity index (χ1n) is 10.5. The molecule has 1 aliphatic rings. The lowest BCUT2D eigenvalue weighted by Crippen LogP contribution is -2.29. The molecule has 0 atom stereocenters. The van der Waals surface area contributed by atoms with Gasteiger partial charge >= 0.3 is 0 Å². The molecule has 9 heteroatoms. The SMILES string of the molecule is CN(CCCC(=O)Nc1ccc(F)cc1)S(=O)(=O)c1ccc2c(c1)C(=O)c1ccccc1C2=O. The molecule has 0 spiro atoms. The predicted octanol–water partition coefficient (Wildman–Crippen LogP) is 3.64. The van der Waals surface area contributed by atoms with Gasteiger partial charge in [-0.2, -0.15) is 0 Å². The lowest BCUT2D eigenvalue weighted by Gasteiger charge is -2.20. The molecule has 0 saturated heterocycles. The Bertz CT molecular complexity index is 1400. The first-order valence-corrected chi connectivity index (χ1v) is 12.0. The van der Waals surface area contributed by atoms with Crippen molar-refractivity contribution in [2.75, 3.05) is 18.9 Å². The molecule has 0 bridgehead atoms. The standard InChI is InChI=1S/C25H21FN2O5S/c1-28(14-4-7-23(29)27-17-10-8-16(26)9-11-17)34(32,33)18-12-13-21-22(15-18)25(31)20-6-3-2-5-19(20)24(21)30/h2-3,5-6,8-13,15H,4,7,14H2,1H3,(H,27,29). The van der Waals surface area contributed by atoms with Crippen molar-refractivity contribution < 1.29 is 27.2 Å². The Hall–Kier alpha value is -3.69. The van der Waals surface area contributed by atoms with Gasteiger partial charge in [-0.05, 0) is 48.9 Å². The average molecular weight is 481 g/mol. The molecule has 174 valence electrons. The third kappa shape index (κ3) is 4.52. The van der Waals surface area contributed by atoms with Crippen molar-refractivity contribution in [1.82, 2.24) is 4.31 Å². The van der Waals surface area contributed by atoms with Gasteiger partial charge in [-0.25, -0.2) is 17.1 Å². The number of ketones is 2. The van der Waals surface area contributed by atoms with Crippen LogP contribution in [0.4, 0.5) is 10.1 Å². The highest BCUT2D eigenvalue weighted by Crippen LogP contribution is 2.29. The van der Waals surface area contributed by atoms with Crippen LogP contribution in [-0.4, -0.2) is 43.8 Å². The first kappa shape index (κ1) is 23.5. The molecule has 0 aromatic heterocycles. The van der Waals surface area contributed by atoms with E-state index in [9.17, 15) is 27.2 Å². The van der Waals surface area contributed by atoms with Crippen molar-refractivity contribution in [3.63, 3.8) is 0 Å². The second-order valence-electron chi connectivity index (χ2n) is 7.90. The lowest BCUT2D eigenvalue weighted by molar-refractivity contribution is -0.116. The van der Waals surface area contributed by atoms with Gasteiger partial charge in [0.05, 0.1) is 4.90 Å². The fourth-order valence-corrected chi connectivity index (χ4v) is 4.99. The first-order chi connectivity index (χ1) is 16.2. The zero-order valence-electron chi connectivity index (χ0n) is 18.2. The summed E-state index contributed by atoms with van der Waals surface area (Å²) in [5.41, 5.74) is 1.21. The summed E-state index contributed by atoms with van der Waals surface area (Å²) >= 11 is 0. The molecule has 3 aromatic rings. The number of nitrogens with one attached hydrogen (secondary N) is 1. The Morgan fingerprint density at radius 2 is 1.47 bits per heavy atom. The van der Waals surface area contributed by atoms with E-state index >= 15 is 0 Å². The molecular weight excluding hydrogens is 459 g/mol. The number of halogens is 1. The number of rotatable bonds is 7. The summed E-state index contributed by atoms with van der Waals surface area (Å²) in [6, 6.07) is 15.7. The summed E-state index contributed by atoms with van der Waals surface area (Å²) in [7, 11) is -2.57. The maximum Gasteiger partial charge on any atom is 0.242 e. The zero-order chi connectivity index (χ0) is 24.5. The molecule has 1 amide bonds. The van der Waals surface area contributed by atoms with E-state index in [-0.39, 0.29) is 52.7 Å². The summed E-state index contributed by atoms with van der Waals surface area (Å²) in [6.45, 7) is 0.0615. The van der Waals surface area contributed by atoms with Crippen LogP contribution >= 0.6 is 0 Å². The fraction of sp³-hybridized carbons (Fsp3) is 0.160. The van der Waals surface area contributed by atoms with Crippen molar-refractivity contribution >= 4 is 33.2 Å². The number of amides is 1. The van der Waals surface area contributed by atoms with E-state index in [2.05, 4.69) is 5.32 Å². The molecule has 0 fully saturated rings. The summed E-state index contributed by atoms with van der Waals surface area (Å²) in [4.78, 5) is 37.6. The van der Waals surface area contributed by atoms with E-state index in [1.165, 1.54) is 49.5 Å². The monoisotopic (exact) mass is 480 g/mol. The van der Waals surface area contributed by atoms with Crippen molar-refractivity contribution in [2.24, 2.45) is 0 Å². The Balaban J connectivity index is 1.43. The maximum absolute atomic E-state index is 13.0. The zero-order valence-corrected chi connectivity index (χ0v) is 19.1. The molecular formula is C25H21FN2O5S. The third-order valence-corrected chi connectivity index (χ3v) is 7.46. The molecule has 1 N–H and O–H groups in total. The van der Waals surface area contributed by atoms with Crippen LogP contribution in [0.3, 0.4) is 0 Å². The van der Waals surface area contributed by atoms with Crippen LogP contribution < -0.4 is 5.32 Å². The number of carbonyl (C=O) groups is 3. The summed E-state index contributed by atoms with van der Waals surface area (Å²) < 4.78 is 40.1. The molecule has 4 rings (SSSR count). The Labute approximate surface area is 196 Å². The van der Waals surface area contributed by atoms with Crippen LogP contribution in [-0.2, 0) is 14.8 Å². The van der Waals surface area contributed by atoms with Gasteiger partial charge in [-0.1, -0.05) is 24.3 Å². The van der Waals surface area contributed by atoms with Gasteiger partial charge in [0.1, 0.15) is 5.82 Å². The molecule has 0 unspecified atom stereocenters. The summed E-state index contributed by atoms with van der Waals surface area (Å²) in [6.07, 6.45) is 0.309. The minimum atomic E-state index is -3.96. The lowest BCUT2D eigenvalue weighted by atomic mass is 9.84. The minimum Gasteiger partial charge on any atom is -0.326 e. The van der Waals surface area contributed by atoms with E-state index < -0.39 is 21.6 Å². The summed E-state index contributed by atoms with van der Waals surface area (Å²) in [5.74, 6) is -1.46. The van der Waals surface area contributed by atoms with E-state index in [1.54, 1.807) is 24.3 Å². The van der Waals surface area contributed by atoms with Crippen LogP contribution in [0.15, 0.2) is 71.6 Å². The normalized spacial score (nSPS) is 12.9. The van der Waals surface area contributed by atoms with Gasteiger partial charge < -0.3 is 5.32 Å². The van der Waals surface area contributed by atoms with E-state index in [4.69, 9.17) is 0 Å². The van der Waals surface area contributed by atoms with Crippen LogP contribution in [0.5, 0.6) is 0 Å². The molecule has 0 saturated carbocycles. The molecule has 0 aliphatic heterocycles. The van der Waals surface area contributed by atoms with E-state index in [0.29, 0.717) is 11.3 Å². The number of nitrogens with zero attached hydrogens (tertiary/aromatic N) is 1. The number of hydrogen-bond acceptors (Lipinski definition) is 5. The largest absolute Gasteiger partial charge is 0.326 e. The predicted molar refractivity (Wildman–Crippen MR) is 124 cm³/mol. The Morgan fingerprint density at radius 1 is 0.882 bits per heavy atom. The average Bonchev–Trinajstić information content (AvgIpc) is 2.83. The van der Waals surface area contributed by atoms with Gasteiger partial charge in [0, 0.05) is 48.0 Å². The molecule has 7 nitrogen and oxygen atoms in total. The molecule has 34 heavy (non-hydrogen) atoms. The van der Waals surface area contributed by atoms with Gasteiger partial charge in [0.15, 0.2) is 11.6 Å². The minimum absolute atomic E-state index is 0.0526. The number of sulfonamides is 1. The summed E-state index contributed by atoms with van der Waals surface area (Å²) in [5, 5.41) is 2.62. The molecule has 0 radical (unpaired) electrons. The van der Waals surface area contributed by atoms with Crippen LogP contribution in [0.25, 0.3) is 0 Å². The Kier molecular flexibility index (Phi) is 6.41. The second-order valence-corrected chi connectivity index (χ2v) is 9.94. The quantitative estimate of drug-likeness (QED) is 0.435. The van der Waals surface area contributed by atoms with Gasteiger partial charge in [0.2, 0.25) is 15.9 Å². The molecule has 3 aromatic carbocycles. The van der Waals surface area contributed by atoms with E-state index in [1.807, 2.05) is 0 Å². The van der Waals surface area contributed by atoms with Crippen LogP contribution in [0.1, 0.15) is 44.7 Å². The number of carbonyl (C=O) groups excluding carboxylic acids is 3. The van der Waals surface area contributed by atoms with Gasteiger partial charge in [-0.3, -0.25) is 14.4 Å². The van der Waals surface area contributed by atoms with Crippen molar-refractivity contribution in [3.8, 4) is 0 Å². The van der Waals surface area contributed by atoms with Crippen molar-refractivity contribution in [3.05, 3.63) is 94.8 Å². The topological polar surface area (TPSA) is 101 Å². The maximum atomic E-state index is 13.0. The highest BCUT2D eigenvalue weighted by molar-refractivity contribution is 7.89. The number of benzene rings is 3. The second kappa shape index (κ2) is 9.28. The number of hydrogen-bond donors (Lipinski definition) is 1. The van der Waals surface area contributed by atoms with Gasteiger partial charge in [-0.15, -0.1) is 0 Å². The van der Waals surface area contributed by atoms with Gasteiger partial charge in [0.25, 0.3) is 0 Å². The number of fused-ring (bicyclic) bond motifs is 2.